The number of hydrogen-bond acceptors (Lipinski definition) is 6. The van der Waals surface area contributed by atoms with E-state index in [2.05, 4.69) is 20.4 Å². The van der Waals surface area contributed by atoms with Crippen LogP contribution in [0.5, 0.6) is 0 Å². The smallest absolute Gasteiger partial charge is 0.257 e. The number of carbonyl (C=O) groups excluding carboxylic acids is 1. The van der Waals surface area contributed by atoms with Crippen LogP contribution in [0.25, 0.3) is 5.65 Å². The second-order valence-corrected chi connectivity index (χ2v) is 6.57. The van der Waals surface area contributed by atoms with Crippen molar-refractivity contribution in [3.8, 4) is 0 Å². The Kier molecular flexibility index (Phi) is 5.08. The van der Waals surface area contributed by atoms with Crippen LogP contribution in [0.3, 0.4) is 0 Å². The summed E-state index contributed by atoms with van der Waals surface area (Å²) in [5, 5.41) is 7.27. The Balaban J connectivity index is 1.44. The molecule has 4 heterocycles. The molecule has 1 aliphatic heterocycles. The van der Waals surface area contributed by atoms with E-state index in [9.17, 15) is 4.79 Å². The van der Waals surface area contributed by atoms with Gasteiger partial charge in [-0.1, -0.05) is 6.07 Å². The van der Waals surface area contributed by atoms with Gasteiger partial charge in [0.15, 0.2) is 5.65 Å². The largest absolute Gasteiger partial charge is 0.379 e. The molecule has 8 heteroatoms. The SMILES string of the molecule is Cc1cnc2c(C(=O)N[C@@H]3CCOC[C@H]3OCc3ccccn3)cnn2c1. The average Bonchev–Trinajstić information content (AvgIpc) is 3.11. The lowest BCUT2D eigenvalue weighted by Crippen LogP contribution is -2.50. The Morgan fingerprint density at radius 1 is 1.37 bits per heavy atom. The highest BCUT2D eigenvalue weighted by molar-refractivity contribution is 5.99. The van der Waals surface area contributed by atoms with Crippen LogP contribution in [0, 0.1) is 6.92 Å². The minimum atomic E-state index is -0.234. The number of carbonyl (C=O) groups is 1. The van der Waals surface area contributed by atoms with Gasteiger partial charge < -0.3 is 14.8 Å². The molecule has 8 nitrogen and oxygen atoms in total. The molecule has 0 unspecified atom stereocenters. The highest BCUT2D eigenvalue weighted by atomic mass is 16.5. The summed E-state index contributed by atoms with van der Waals surface area (Å²) in [7, 11) is 0. The molecule has 1 saturated heterocycles. The highest BCUT2D eigenvalue weighted by Crippen LogP contribution is 2.15. The highest BCUT2D eigenvalue weighted by Gasteiger charge is 2.29. The van der Waals surface area contributed by atoms with E-state index in [0.717, 1.165) is 11.3 Å². The Morgan fingerprint density at radius 2 is 2.30 bits per heavy atom. The lowest BCUT2D eigenvalue weighted by molar-refractivity contribution is -0.0743. The Labute approximate surface area is 156 Å². The molecule has 3 aromatic rings. The second-order valence-electron chi connectivity index (χ2n) is 6.57. The number of hydrogen-bond donors (Lipinski definition) is 1. The molecule has 3 aromatic heterocycles. The van der Waals surface area contributed by atoms with Crippen LogP contribution in [0.1, 0.15) is 28.0 Å². The molecular weight excluding hydrogens is 346 g/mol. The zero-order chi connectivity index (χ0) is 18.6. The summed E-state index contributed by atoms with van der Waals surface area (Å²) < 4.78 is 13.1. The zero-order valence-corrected chi connectivity index (χ0v) is 15.0. The first-order chi connectivity index (χ1) is 13.2. The van der Waals surface area contributed by atoms with Crippen molar-refractivity contribution in [2.75, 3.05) is 13.2 Å². The number of pyridine rings is 1. The quantitative estimate of drug-likeness (QED) is 0.736. The summed E-state index contributed by atoms with van der Waals surface area (Å²) >= 11 is 0. The monoisotopic (exact) mass is 367 g/mol. The first-order valence-corrected chi connectivity index (χ1v) is 8.91. The molecule has 0 saturated carbocycles. The first kappa shape index (κ1) is 17.6. The number of aryl methyl sites for hydroxylation is 1. The van der Waals surface area contributed by atoms with E-state index >= 15 is 0 Å². The van der Waals surface area contributed by atoms with Gasteiger partial charge in [-0.25, -0.2) is 9.50 Å². The minimum absolute atomic E-state index is 0.143. The topological polar surface area (TPSA) is 90.6 Å². The van der Waals surface area contributed by atoms with E-state index < -0.39 is 0 Å². The predicted molar refractivity (Wildman–Crippen MR) is 97.2 cm³/mol. The van der Waals surface area contributed by atoms with Crippen molar-refractivity contribution in [3.05, 3.63) is 59.8 Å². The van der Waals surface area contributed by atoms with Gasteiger partial charge in [0.25, 0.3) is 5.91 Å². The van der Waals surface area contributed by atoms with Crippen LogP contribution < -0.4 is 5.32 Å². The van der Waals surface area contributed by atoms with Crippen molar-refractivity contribution < 1.29 is 14.3 Å². The number of aromatic nitrogens is 4. The third-order valence-electron chi connectivity index (χ3n) is 4.52. The van der Waals surface area contributed by atoms with Crippen LogP contribution in [0.15, 0.2) is 43.0 Å². The third kappa shape index (κ3) is 3.96. The molecule has 0 radical (unpaired) electrons. The number of fused-ring (bicyclic) bond motifs is 1. The Bertz CT molecular complexity index is 927. The van der Waals surface area contributed by atoms with Gasteiger partial charge >= 0.3 is 0 Å². The molecule has 0 aromatic carbocycles. The molecule has 0 spiro atoms. The van der Waals surface area contributed by atoms with E-state index in [4.69, 9.17) is 9.47 Å². The molecule has 2 atom stereocenters. The molecular formula is C19H21N5O3. The van der Waals surface area contributed by atoms with Gasteiger partial charge in [-0.15, -0.1) is 0 Å². The van der Waals surface area contributed by atoms with E-state index in [0.29, 0.717) is 37.5 Å². The van der Waals surface area contributed by atoms with E-state index in [-0.39, 0.29) is 18.1 Å². The summed E-state index contributed by atoms with van der Waals surface area (Å²) in [4.78, 5) is 21.4. The van der Waals surface area contributed by atoms with Gasteiger partial charge in [0.05, 0.1) is 31.1 Å². The van der Waals surface area contributed by atoms with Gasteiger partial charge in [-0.2, -0.15) is 5.10 Å². The second kappa shape index (κ2) is 7.81. The van der Waals surface area contributed by atoms with Crippen molar-refractivity contribution in [1.29, 1.82) is 0 Å². The van der Waals surface area contributed by atoms with Gasteiger partial charge in [-0.05, 0) is 31.0 Å². The Hall–Kier alpha value is -2.84. The fourth-order valence-electron chi connectivity index (χ4n) is 3.09. The predicted octanol–water partition coefficient (Wildman–Crippen LogP) is 1.54. The van der Waals surface area contributed by atoms with Crippen LogP contribution in [-0.4, -0.2) is 50.8 Å². The molecule has 0 aliphatic carbocycles. The maximum atomic E-state index is 12.8. The maximum Gasteiger partial charge on any atom is 0.257 e. The average molecular weight is 367 g/mol. The summed E-state index contributed by atoms with van der Waals surface area (Å²) in [6.45, 7) is 3.32. The van der Waals surface area contributed by atoms with Gasteiger partial charge in [0, 0.05) is 25.2 Å². The summed E-state index contributed by atoms with van der Waals surface area (Å²) in [6.07, 6.45) is 7.29. The van der Waals surface area contributed by atoms with Crippen LogP contribution in [0.2, 0.25) is 0 Å². The summed E-state index contributed by atoms with van der Waals surface area (Å²) in [6, 6.07) is 5.55. The molecule has 0 bridgehead atoms. The molecule has 1 amide bonds. The molecule has 1 N–H and O–H groups in total. The van der Waals surface area contributed by atoms with Crippen molar-refractivity contribution in [2.45, 2.75) is 32.1 Å². The number of nitrogens with zero attached hydrogens (tertiary/aromatic N) is 4. The van der Waals surface area contributed by atoms with Crippen molar-refractivity contribution in [2.24, 2.45) is 0 Å². The maximum absolute atomic E-state index is 12.8. The van der Waals surface area contributed by atoms with Gasteiger partial charge in [-0.3, -0.25) is 9.78 Å². The lowest BCUT2D eigenvalue weighted by atomic mass is 10.1. The van der Waals surface area contributed by atoms with Crippen LogP contribution in [0.4, 0.5) is 0 Å². The van der Waals surface area contributed by atoms with Crippen molar-refractivity contribution in [1.82, 2.24) is 24.9 Å². The third-order valence-corrected chi connectivity index (χ3v) is 4.52. The standard InChI is InChI=1S/C19H21N5O3/c1-13-8-21-18-15(9-22-24(18)10-13)19(25)23-16-5-7-26-12-17(16)27-11-14-4-2-3-6-20-14/h2-4,6,8-10,16-17H,5,7,11-12H2,1H3,(H,23,25)/t16-,17-/m1/s1. The fraction of sp³-hybridized carbons (Fsp3) is 0.368. The lowest BCUT2D eigenvalue weighted by Gasteiger charge is -2.31. The Morgan fingerprint density at radius 3 is 3.15 bits per heavy atom. The van der Waals surface area contributed by atoms with Crippen molar-refractivity contribution in [3.63, 3.8) is 0 Å². The van der Waals surface area contributed by atoms with Gasteiger partial charge in [0.2, 0.25) is 0 Å². The molecule has 1 fully saturated rings. The van der Waals surface area contributed by atoms with Crippen LogP contribution in [-0.2, 0) is 16.1 Å². The fourth-order valence-corrected chi connectivity index (χ4v) is 3.09. The van der Waals surface area contributed by atoms with Crippen LogP contribution >= 0.6 is 0 Å². The van der Waals surface area contributed by atoms with E-state index in [1.54, 1.807) is 23.1 Å². The normalized spacial score (nSPS) is 19.9. The minimum Gasteiger partial charge on any atom is -0.379 e. The molecule has 27 heavy (non-hydrogen) atoms. The summed E-state index contributed by atoms with van der Waals surface area (Å²) in [5.41, 5.74) is 2.81. The summed E-state index contributed by atoms with van der Waals surface area (Å²) in [5.74, 6) is -0.209. The zero-order valence-electron chi connectivity index (χ0n) is 15.0. The number of ether oxygens (including phenoxy) is 2. The van der Waals surface area contributed by atoms with E-state index in [1.165, 1.54) is 0 Å². The van der Waals surface area contributed by atoms with E-state index in [1.807, 2.05) is 31.3 Å². The number of rotatable bonds is 5. The molecule has 1 aliphatic rings. The number of amides is 1. The molecule has 140 valence electrons. The molecule has 4 rings (SSSR count). The van der Waals surface area contributed by atoms with Crippen molar-refractivity contribution >= 4 is 11.6 Å². The first-order valence-electron chi connectivity index (χ1n) is 8.91. The van der Waals surface area contributed by atoms with Gasteiger partial charge in [0.1, 0.15) is 11.7 Å². The number of nitrogens with one attached hydrogen (secondary N) is 1.